The van der Waals surface area contributed by atoms with Crippen molar-refractivity contribution in [2.24, 2.45) is 11.3 Å². The van der Waals surface area contributed by atoms with E-state index in [1.807, 2.05) is 0 Å². The maximum absolute atomic E-state index is 15.0. The summed E-state index contributed by atoms with van der Waals surface area (Å²) in [6.07, 6.45) is -4.69. The van der Waals surface area contributed by atoms with Crippen LogP contribution in [0.2, 0.25) is 5.02 Å². The average molecular weight is 502 g/mol. The van der Waals surface area contributed by atoms with Gasteiger partial charge in [0.05, 0.1) is 20.8 Å². The Labute approximate surface area is 196 Å². The van der Waals surface area contributed by atoms with Crippen molar-refractivity contribution in [1.29, 1.82) is 0 Å². The van der Waals surface area contributed by atoms with Gasteiger partial charge in [-0.25, -0.2) is 13.2 Å². The Kier molecular flexibility index (Phi) is 6.79. The van der Waals surface area contributed by atoms with Crippen molar-refractivity contribution in [3.8, 4) is 11.5 Å². The number of alkyl halides is 2. The molecule has 0 bridgehead atoms. The van der Waals surface area contributed by atoms with Crippen LogP contribution >= 0.6 is 11.6 Å². The van der Waals surface area contributed by atoms with Gasteiger partial charge in [0.15, 0.2) is 0 Å². The van der Waals surface area contributed by atoms with Crippen LogP contribution in [0.5, 0.6) is 11.5 Å². The summed E-state index contributed by atoms with van der Waals surface area (Å²) in [7, 11) is 0. The molecule has 2 aromatic carbocycles. The van der Waals surface area contributed by atoms with Gasteiger partial charge in [-0.1, -0.05) is 11.6 Å². The summed E-state index contributed by atoms with van der Waals surface area (Å²) in [5.74, 6) is -5.99. The predicted octanol–water partition coefficient (Wildman–Crippen LogP) is 5.66. The Hall–Kier alpha value is -3.34. The molecule has 1 aliphatic carbocycles. The lowest BCUT2D eigenvalue weighted by Gasteiger charge is -2.46. The molecule has 34 heavy (non-hydrogen) atoms. The first-order chi connectivity index (χ1) is 15.8. The molecule has 1 aliphatic rings. The number of hydrogen-bond donors (Lipinski definition) is 2. The van der Waals surface area contributed by atoms with Crippen molar-refractivity contribution in [1.82, 2.24) is 0 Å². The van der Waals surface area contributed by atoms with Crippen molar-refractivity contribution in [2.45, 2.75) is 38.0 Å². The van der Waals surface area contributed by atoms with Crippen molar-refractivity contribution >= 4 is 29.2 Å². The third-order valence-electron chi connectivity index (χ3n) is 6.38. The molecule has 3 unspecified atom stereocenters. The van der Waals surface area contributed by atoms with Crippen LogP contribution in [0.1, 0.15) is 31.7 Å². The third-order valence-corrected chi connectivity index (χ3v) is 6.68. The molecule has 0 saturated heterocycles. The van der Waals surface area contributed by atoms with Gasteiger partial charge in [0.1, 0.15) is 17.3 Å². The lowest BCUT2D eigenvalue weighted by atomic mass is 9.55. The Bertz CT molecular complexity index is 1140. The molecule has 3 atom stereocenters. The number of nitro groups is 1. The molecule has 8 nitrogen and oxygen atoms in total. The smallest absolute Gasteiger partial charge is 0.314 e. The van der Waals surface area contributed by atoms with Gasteiger partial charge in [-0.05, 0) is 50.5 Å². The summed E-state index contributed by atoms with van der Waals surface area (Å²) in [6.45, 7) is 1.03. The molecule has 12 heteroatoms. The van der Waals surface area contributed by atoms with Crippen molar-refractivity contribution < 1.29 is 42.6 Å². The highest BCUT2D eigenvalue weighted by atomic mass is 35.5. The molecule has 0 aliphatic heterocycles. The van der Waals surface area contributed by atoms with Gasteiger partial charge in [-0.3, -0.25) is 19.7 Å². The van der Waals surface area contributed by atoms with E-state index in [-0.39, 0.29) is 22.2 Å². The minimum Gasteiger partial charge on any atom is -0.481 e. The van der Waals surface area contributed by atoms with Crippen molar-refractivity contribution in [3.05, 3.63) is 62.9 Å². The Morgan fingerprint density at radius 3 is 2.32 bits per heavy atom. The van der Waals surface area contributed by atoms with Crippen LogP contribution in [-0.4, -0.2) is 33.5 Å². The number of carbonyl (C=O) groups is 2. The number of nitrogens with zero attached hydrogens (tertiary/aromatic N) is 1. The molecular formula is C22H19ClF3NO7. The first-order valence-electron chi connectivity index (χ1n) is 9.98. The van der Waals surface area contributed by atoms with Crippen LogP contribution in [0.15, 0.2) is 36.4 Å². The number of carboxylic acids is 2. The van der Waals surface area contributed by atoms with Crippen molar-refractivity contribution in [2.75, 3.05) is 0 Å². The van der Waals surface area contributed by atoms with E-state index < -0.39 is 70.7 Å². The highest BCUT2D eigenvalue weighted by molar-refractivity contribution is 6.32. The fraction of sp³-hybridized carbons (Fsp3) is 0.364. The zero-order valence-corrected chi connectivity index (χ0v) is 18.4. The molecule has 0 radical (unpaired) electrons. The van der Waals surface area contributed by atoms with Crippen LogP contribution in [0.3, 0.4) is 0 Å². The number of ether oxygens (including phenoxy) is 1. The second-order valence-corrected chi connectivity index (χ2v) is 8.79. The number of rotatable bonds is 7. The third kappa shape index (κ3) is 4.39. The molecule has 0 amide bonds. The number of non-ortho nitro benzene ring substituents is 1. The molecule has 3 rings (SSSR count). The molecular weight excluding hydrogens is 483 g/mol. The normalized spacial score (nSPS) is 24.6. The number of carboxylic acid groups (broad SMARTS) is 2. The second-order valence-electron chi connectivity index (χ2n) is 8.38. The minimum atomic E-state index is -3.01. The van der Waals surface area contributed by atoms with Gasteiger partial charge in [-0.15, -0.1) is 0 Å². The summed E-state index contributed by atoms with van der Waals surface area (Å²) >= 11 is 6.05. The monoisotopic (exact) mass is 501 g/mol. The standard InChI is InChI=1S/C22H19ClF3NO7/c1-21(19(28)29)10-22(20(30)31,7-6-13(21)18(25)26)14-8-17(15(23)9-16(14)24)34-12-4-2-11(3-5-12)27(32)33/h2-5,8-9,13,18H,6-7,10H2,1H3,(H,28,29)(H,30,31). The molecule has 0 heterocycles. The van der Waals surface area contributed by atoms with E-state index in [1.54, 1.807) is 0 Å². The number of nitro benzene ring substituents is 1. The number of hydrogen-bond acceptors (Lipinski definition) is 5. The van der Waals surface area contributed by atoms with E-state index in [4.69, 9.17) is 16.3 Å². The van der Waals surface area contributed by atoms with Gasteiger partial charge >= 0.3 is 11.9 Å². The SMILES string of the molecule is CC1(C(=O)O)CC(C(=O)O)(c2cc(Oc3ccc([N+](=O)[O-])cc3)c(Cl)cc2F)CCC1C(F)F. The fourth-order valence-corrected chi connectivity index (χ4v) is 4.66. The number of benzene rings is 2. The van der Waals surface area contributed by atoms with E-state index in [9.17, 15) is 38.7 Å². The Morgan fingerprint density at radius 1 is 1.21 bits per heavy atom. The Balaban J connectivity index is 2.08. The molecule has 2 N–H and O–H groups in total. The summed E-state index contributed by atoms with van der Waals surface area (Å²) in [6, 6.07) is 6.59. The maximum Gasteiger partial charge on any atom is 0.314 e. The second kappa shape index (κ2) is 9.13. The van der Waals surface area contributed by atoms with Crippen LogP contribution < -0.4 is 4.74 Å². The van der Waals surface area contributed by atoms with Gasteiger partial charge in [0.25, 0.3) is 5.69 Å². The van der Waals surface area contributed by atoms with E-state index in [1.165, 1.54) is 12.1 Å². The minimum absolute atomic E-state index is 0.0752. The van der Waals surface area contributed by atoms with Crippen LogP contribution in [0.4, 0.5) is 18.9 Å². The van der Waals surface area contributed by atoms with Crippen LogP contribution in [-0.2, 0) is 15.0 Å². The van der Waals surface area contributed by atoms with E-state index >= 15 is 4.39 Å². The predicted molar refractivity (Wildman–Crippen MR) is 113 cm³/mol. The quantitative estimate of drug-likeness (QED) is 0.370. The van der Waals surface area contributed by atoms with Crippen LogP contribution in [0.25, 0.3) is 0 Å². The topological polar surface area (TPSA) is 127 Å². The first-order valence-corrected chi connectivity index (χ1v) is 10.4. The van der Waals surface area contributed by atoms with E-state index in [0.29, 0.717) is 0 Å². The maximum atomic E-state index is 15.0. The molecule has 182 valence electrons. The largest absolute Gasteiger partial charge is 0.481 e. The number of aliphatic carboxylic acids is 2. The lowest BCUT2D eigenvalue weighted by molar-refractivity contribution is -0.384. The van der Waals surface area contributed by atoms with E-state index in [0.717, 1.165) is 31.2 Å². The van der Waals surface area contributed by atoms with Crippen LogP contribution in [0, 0.1) is 27.3 Å². The molecule has 1 fully saturated rings. The average Bonchev–Trinajstić information content (AvgIpc) is 2.75. The lowest BCUT2D eigenvalue weighted by Crippen LogP contribution is -2.53. The molecule has 0 spiro atoms. The first kappa shape index (κ1) is 25.3. The highest BCUT2D eigenvalue weighted by Gasteiger charge is 2.59. The van der Waals surface area contributed by atoms with E-state index in [2.05, 4.69) is 0 Å². The number of halogens is 4. The van der Waals surface area contributed by atoms with Gasteiger partial charge in [0, 0.05) is 23.6 Å². The molecule has 1 saturated carbocycles. The summed E-state index contributed by atoms with van der Waals surface area (Å²) < 4.78 is 47.8. The zero-order chi connectivity index (χ0) is 25.4. The fourth-order valence-electron chi connectivity index (χ4n) is 4.47. The Morgan fingerprint density at radius 2 is 1.82 bits per heavy atom. The van der Waals surface area contributed by atoms with Gasteiger partial charge in [0.2, 0.25) is 6.43 Å². The molecule has 2 aromatic rings. The zero-order valence-electron chi connectivity index (χ0n) is 17.6. The van der Waals surface area contributed by atoms with Gasteiger partial charge in [-0.2, -0.15) is 0 Å². The molecule has 0 aromatic heterocycles. The highest BCUT2D eigenvalue weighted by Crippen LogP contribution is 2.54. The van der Waals surface area contributed by atoms with Crippen molar-refractivity contribution in [3.63, 3.8) is 0 Å². The summed E-state index contributed by atoms with van der Waals surface area (Å²) in [5, 5.41) is 30.3. The van der Waals surface area contributed by atoms with Gasteiger partial charge < -0.3 is 14.9 Å². The summed E-state index contributed by atoms with van der Waals surface area (Å²) in [4.78, 5) is 34.5. The summed E-state index contributed by atoms with van der Waals surface area (Å²) in [5.41, 5.74) is -4.95.